The predicted octanol–water partition coefficient (Wildman–Crippen LogP) is 4.80. The lowest BCUT2D eigenvalue weighted by Crippen LogP contribution is -2.40. The van der Waals surface area contributed by atoms with Crippen molar-refractivity contribution in [1.29, 1.82) is 0 Å². The highest BCUT2D eigenvalue weighted by Gasteiger charge is 2.58. The molecule has 6 heteroatoms. The molecule has 3 aliphatic rings. The molecule has 186 valence electrons. The van der Waals surface area contributed by atoms with Gasteiger partial charge in [-0.3, -0.25) is 14.3 Å². The Morgan fingerprint density at radius 1 is 1.11 bits per heavy atom. The zero-order valence-electron chi connectivity index (χ0n) is 21.2. The summed E-state index contributed by atoms with van der Waals surface area (Å²) in [6.07, 6.45) is 11.2. The van der Waals surface area contributed by atoms with Gasteiger partial charge in [-0.25, -0.2) is 0 Å². The summed E-state index contributed by atoms with van der Waals surface area (Å²) in [5.41, 5.74) is 5.66. The van der Waals surface area contributed by atoms with Crippen LogP contribution in [0.3, 0.4) is 0 Å². The van der Waals surface area contributed by atoms with Crippen LogP contribution in [0.5, 0.6) is 0 Å². The standard InChI is InChI=1S/C29H38N4O2/c1-21-18-22(2)33(31-21)20-24-8-10-25(11-9-24)28(35)32-16-13-29(14-17-32)19-26(29)27(34)30-15-12-23-6-4-3-5-7-23/h6,8-11,18,26H,3-5,7,12-17,19-20H2,1-2H3,(H,30,34)/t26-/m1/s1. The average molecular weight is 475 g/mol. The van der Waals surface area contributed by atoms with Gasteiger partial charge in [0.1, 0.15) is 0 Å². The van der Waals surface area contributed by atoms with Crippen LogP contribution in [0.4, 0.5) is 0 Å². The maximum absolute atomic E-state index is 13.1. The van der Waals surface area contributed by atoms with E-state index in [-0.39, 0.29) is 23.1 Å². The van der Waals surface area contributed by atoms with Crippen LogP contribution < -0.4 is 5.32 Å². The minimum absolute atomic E-state index is 0.0972. The van der Waals surface area contributed by atoms with E-state index in [9.17, 15) is 9.59 Å². The molecular formula is C29H38N4O2. The van der Waals surface area contributed by atoms with E-state index in [1.54, 1.807) is 0 Å². The second-order valence-corrected chi connectivity index (χ2v) is 10.8. The molecule has 2 fully saturated rings. The Kier molecular flexibility index (Phi) is 6.81. The third-order valence-corrected chi connectivity index (χ3v) is 8.32. The fourth-order valence-electron chi connectivity index (χ4n) is 5.97. The highest BCUT2D eigenvalue weighted by atomic mass is 16.2. The van der Waals surface area contributed by atoms with Gasteiger partial charge in [0.05, 0.1) is 12.2 Å². The molecule has 1 spiro atoms. The summed E-state index contributed by atoms with van der Waals surface area (Å²) in [6, 6.07) is 10.00. The van der Waals surface area contributed by atoms with Crippen molar-refractivity contribution in [3.63, 3.8) is 0 Å². The molecule has 2 heterocycles. The summed E-state index contributed by atoms with van der Waals surface area (Å²) >= 11 is 0. The number of nitrogens with zero attached hydrogens (tertiary/aromatic N) is 3. The smallest absolute Gasteiger partial charge is 0.253 e. The van der Waals surface area contributed by atoms with Crippen molar-refractivity contribution in [2.45, 2.75) is 71.8 Å². The Morgan fingerprint density at radius 3 is 2.54 bits per heavy atom. The summed E-state index contributed by atoms with van der Waals surface area (Å²) < 4.78 is 1.99. The fraction of sp³-hybridized carbons (Fsp3) is 0.552. The monoisotopic (exact) mass is 474 g/mol. The molecule has 1 aromatic carbocycles. The number of aryl methyl sites for hydroxylation is 2. The minimum Gasteiger partial charge on any atom is -0.356 e. The summed E-state index contributed by atoms with van der Waals surface area (Å²) in [5.74, 6) is 0.452. The van der Waals surface area contributed by atoms with Crippen LogP contribution in [0.2, 0.25) is 0 Å². The zero-order chi connectivity index (χ0) is 24.4. The van der Waals surface area contributed by atoms with E-state index >= 15 is 0 Å². The van der Waals surface area contributed by atoms with Gasteiger partial charge in [0, 0.05) is 36.8 Å². The second kappa shape index (κ2) is 10.00. The number of carbonyl (C=O) groups is 2. The Bertz CT molecular complexity index is 1110. The highest BCUT2D eigenvalue weighted by molar-refractivity contribution is 5.94. The lowest BCUT2D eigenvalue weighted by Gasteiger charge is -2.33. The molecule has 5 rings (SSSR count). The summed E-state index contributed by atoms with van der Waals surface area (Å²) in [6.45, 7) is 7.01. The van der Waals surface area contributed by atoms with E-state index < -0.39 is 0 Å². The number of hydrogen-bond donors (Lipinski definition) is 1. The van der Waals surface area contributed by atoms with E-state index in [0.29, 0.717) is 6.54 Å². The SMILES string of the molecule is Cc1cc(C)n(Cc2ccc(C(=O)N3CCC4(CC3)C[C@@H]4C(=O)NCCC3=CCCCC3)cc2)n1. The number of allylic oxidation sites excluding steroid dienone is 1. The molecule has 0 bridgehead atoms. The van der Waals surface area contributed by atoms with Crippen LogP contribution in [0.1, 0.15) is 78.7 Å². The van der Waals surface area contributed by atoms with E-state index in [1.807, 2.05) is 40.8 Å². The molecule has 2 amide bonds. The van der Waals surface area contributed by atoms with Gasteiger partial charge in [0.2, 0.25) is 5.91 Å². The second-order valence-electron chi connectivity index (χ2n) is 10.8. The highest BCUT2D eigenvalue weighted by Crippen LogP contribution is 2.59. The number of piperidine rings is 1. The van der Waals surface area contributed by atoms with Crippen LogP contribution in [0, 0.1) is 25.2 Å². The molecule has 1 aliphatic heterocycles. The molecule has 35 heavy (non-hydrogen) atoms. The average Bonchev–Trinajstić information content (AvgIpc) is 3.47. The largest absolute Gasteiger partial charge is 0.356 e. The molecule has 6 nitrogen and oxygen atoms in total. The Morgan fingerprint density at radius 2 is 1.89 bits per heavy atom. The molecule has 1 saturated heterocycles. The van der Waals surface area contributed by atoms with Gasteiger partial charge in [-0.2, -0.15) is 5.10 Å². The number of benzene rings is 1. The number of hydrogen-bond acceptors (Lipinski definition) is 3. The predicted molar refractivity (Wildman–Crippen MR) is 137 cm³/mol. The van der Waals surface area contributed by atoms with Crippen LogP contribution in [-0.2, 0) is 11.3 Å². The van der Waals surface area contributed by atoms with E-state index in [0.717, 1.165) is 67.8 Å². The summed E-state index contributed by atoms with van der Waals surface area (Å²) in [5, 5.41) is 7.71. The Balaban J connectivity index is 1.08. The van der Waals surface area contributed by atoms with Gasteiger partial charge < -0.3 is 10.2 Å². The normalized spacial score (nSPS) is 21.0. The number of rotatable bonds is 7. The Labute approximate surface area is 208 Å². The number of aromatic nitrogens is 2. The van der Waals surface area contributed by atoms with Crippen molar-refractivity contribution in [1.82, 2.24) is 20.0 Å². The van der Waals surface area contributed by atoms with Gasteiger partial charge in [0.15, 0.2) is 0 Å². The molecule has 2 aliphatic carbocycles. The molecule has 1 atom stereocenters. The Hall–Kier alpha value is -2.89. The molecule has 1 saturated carbocycles. The topological polar surface area (TPSA) is 67.2 Å². The fourth-order valence-corrected chi connectivity index (χ4v) is 5.97. The molecule has 0 unspecified atom stereocenters. The van der Waals surface area contributed by atoms with Crippen molar-refractivity contribution in [2.75, 3.05) is 19.6 Å². The molecule has 2 aromatic rings. The summed E-state index contributed by atoms with van der Waals surface area (Å²) in [4.78, 5) is 27.8. The van der Waals surface area contributed by atoms with Crippen LogP contribution in [0.25, 0.3) is 0 Å². The number of likely N-dealkylation sites (tertiary alicyclic amines) is 1. The van der Waals surface area contributed by atoms with Crippen molar-refractivity contribution < 1.29 is 9.59 Å². The zero-order valence-corrected chi connectivity index (χ0v) is 21.2. The molecular weight excluding hydrogens is 436 g/mol. The third kappa shape index (κ3) is 5.36. The van der Waals surface area contributed by atoms with Crippen LogP contribution in [-0.4, -0.2) is 46.1 Å². The molecule has 1 N–H and O–H groups in total. The van der Waals surface area contributed by atoms with Crippen molar-refractivity contribution >= 4 is 11.8 Å². The first-order chi connectivity index (χ1) is 16.9. The lowest BCUT2D eigenvalue weighted by atomic mass is 9.90. The van der Waals surface area contributed by atoms with E-state index in [2.05, 4.69) is 29.5 Å². The number of carbonyl (C=O) groups excluding carboxylic acids is 2. The van der Waals surface area contributed by atoms with Crippen molar-refractivity contribution in [2.24, 2.45) is 11.3 Å². The maximum atomic E-state index is 13.1. The van der Waals surface area contributed by atoms with Gasteiger partial charge in [-0.15, -0.1) is 0 Å². The lowest BCUT2D eigenvalue weighted by molar-refractivity contribution is -0.123. The first-order valence-corrected chi connectivity index (χ1v) is 13.3. The maximum Gasteiger partial charge on any atom is 0.253 e. The first-order valence-electron chi connectivity index (χ1n) is 13.3. The minimum atomic E-state index is 0.0972. The van der Waals surface area contributed by atoms with Gasteiger partial charge in [-0.1, -0.05) is 23.8 Å². The molecule has 0 radical (unpaired) electrons. The number of nitrogens with one attached hydrogen (secondary N) is 1. The van der Waals surface area contributed by atoms with Gasteiger partial charge >= 0.3 is 0 Å². The van der Waals surface area contributed by atoms with E-state index in [4.69, 9.17) is 0 Å². The first kappa shape index (κ1) is 23.8. The van der Waals surface area contributed by atoms with E-state index in [1.165, 1.54) is 31.3 Å². The number of amides is 2. The van der Waals surface area contributed by atoms with Gasteiger partial charge in [-0.05, 0) is 94.4 Å². The van der Waals surface area contributed by atoms with Crippen molar-refractivity contribution in [3.8, 4) is 0 Å². The van der Waals surface area contributed by atoms with Crippen LogP contribution in [0.15, 0.2) is 42.0 Å². The van der Waals surface area contributed by atoms with Gasteiger partial charge in [0.25, 0.3) is 5.91 Å². The quantitative estimate of drug-likeness (QED) is 0.587. The van der Waals surface area contributed by atoms with Crippen LogP contribution >= 0.6 is 0 Å². The molecule has 1 aromatic heterocycles. The third-order valence-electron chi connectivity index (χ3n) is 8.32. The van der Waals surface area contributed by atoms with Crippen molar-refractivity contribution in [3.05, 3.63) is 64.5 Å². The summed E-state index contributed by atoms with van der Waals surface area (Å²) in [7, 11) is 0.